The van der Waals surface area contributed by atoms with Gasteiger partial charge in [0.15, 0.2) is 0 Å². The fourth-order valence-corrected chi connectivity index (χ4v) is 7.62. The number of anilines is 2. The lowest BCUT2D eigenvalue weighted by Gasteiger charge is -2.55. The summed E-state index contributed by atoms with van der Waals surface area (Å²) in [6.07, 6.45) is 9.09. The van der Waals surface area contributed by atoms with Gasteiger partial charge in [0.2, 0.25) is 5.95 Å². The van der Waals surface area contributed by atoms with Crippen molar-refractivity contribution in [3.63, 3.8) is 0 Å². The largest absolute Gasteiger partial charge is 0.394 e. The van der Waals surface area contributed by atoms with E-state index in [1.54, 1.807) is 0 Å². The number of aliphatic hydroxyl groups is 1. The monoisotopic (exact) mass is 486 g/mol. The van der Waals surface area contributed by atoms with Crippen molar-refractivity contribution >= 4 is 34.2 Å². The predicted molar refractivity (Wildman–Crippen MR) is 132 cm³/mol. The number of hydrogen-bond acceptors (Lipinski definition) is 6. The molecule has 0 spiro atoms. The van der Waals surface area contributed by atoms with Crippen LogP contribution < -0.4 is 10.2 Å². The summed E-state index contributed by atoms with van der Waals surface area (Å²) in [4.78, 5) is 13.2. The third-order valence-electron chi connectivity index (χ3n) is 8.16. The molecule has 6 nitrogen and oxygen atoms in total. The van der Waals surface area contributed by atoms with Gasteiger partial charge in [-0.05, 0) is 81.4 Å². The Kier molecular flexibility index (Phi) is 5.62. The number of aliphatic hydroxyl groups excluding tert-OH is 1. The van der Waals surface area contributed by atoms with E-state index in [1.165, 1.54) is 12.0 Å². The van der Waals surface area contributed by atoms with Gasteiger partial charge in [0.1, 0.15) is 10.7 Å². The van der Waals surface area contributed by atoms with E-state index in [0.717, 1.165) is 72.9 Å². The molecule has 5 aliphatic rings. The fourth-order valence-electron chi connectivity index (χ4n) is 6.11. The van der Waals surface area contributed by atoms with Crippen LogP contribution in [-0.4, -0.2) is 49.3 Å². The van der Waals surface area contributed by atoms with Crippen LogP contribution in [0.15, 0.2) is 29.2 Å². The molecular formula is C25H31ClN4O2S. The minimum atomic E-state index is -1.10. The number of hydrogen-bond donors (Lipinski definition) is 2. The SMILES string of the molecule is O=[S@]1CCCCc2nc(N3C4CC(c5ccc(Cl)cc5)CC3C4)nc(NC3(CO)CCC3)c21. The second kappa shape index (κ2) is 8.51. The number of fused-ring (bicyclic) bond motifs is 3. The van der Waals surface area contributed by atoms with Gasteiger partial charge < -0.3 is 15.3 Å². The van der Waals surface area contributed by atoms with Crippen LogP contribution in [0.5, 0.6) is 0 Å². The molecule has 2 saturated heterocycles. The molecule has 1 aromatic carbocycles. The van der Waals surface area contributed by atoms with Crippen molar-refractivity contribution in [2.24, 2.45) is 0 Å². The summed E-state index contributed by atoms with van der Waals surface area (Å²) in [7, 11) is -1.10. The van der Waals surface area contributed by atoms with Crippen LogP contribution in [0.1, 0.15) is 68.5 Å². The van der Waals surface area contributed by atoms with Crippen LogP contribution in [0.2, 0.25) is 5.02 Å². The first-order chi connectivity index (χ1) is 16.0. The molecule has 4 fully saturated rings. The Balaban J connectivity index is 1.31. The highest BCUT2D eigenvalue weighted by Gasteiger charge is 2.47. The second-order valence-electron chi connectivity index (χ2n) is 10.2. The number of piperidine rings is 1. The number of aryl methyl sites for hydroxylation is 1. The lowest BCUT2D eigenvalue weighted by atomic mass is 9.71. The normalized spacial score (nSPS) is 29.9. The Morgan fingerprint density at radius 2 is 1.85 bits per heavy atom. The molecule has 33 heavy (non-hydrogen) atoms. The molecule has 8 heteroatoms. The van der Waals surface area contributed by atoms with Crippen molar-refractivity contribution in [2.45, 2.75) is 86.2 Å². The molecule has 176 valence electrons. The zero-order valence-electron chi connectivity index (χ0n) is 18.8. The van der Waals surface area contributed by atoms with Gasteiger partial charge in [-0.15, -0.1) is 0 Å². The number of halogens is 1. The van der Waals surface area contributed by atoms with Gasteiger partial charge in [-0.1, -0.05) is 23.7 Å². The minimum absolute atomic E-state index is 0.0749. The van der Waals surface area contributed by atoms with Crippen molar-refractivity contribution in [1.82, 2.24) is 9.97 Å². The topological polar surface area (TPSA) is 78.4 Å². The van der Waals surface area contributed by atoms with E-state index in [2.05, 4.69) is 22.3 Å². The average molecular weight is 487 g/mol. The Labute approximate surface area is 202 Å². The molecule has 7 rings (SSSR count). The Hall–Kier alpha value is -1.70. The standard InChI is InChI=1S/C25H31ClN4O2S/c26-18-7-5-16(6-8-18)17-12-19-14-20(13-17)30(19)24-27-21-4-1-2-11-33(32)22(21)23(28-24)29-25(15-31)9-3-10-25/h5-8,17,19-20,31H,1-4,9-15H2,(H,27,28,29)/t17?,19?,20?,33-/m0/s1. The van der Waals surface area contributed by atoms with Crippen LogP contribution in [0.4, 0.5) is 11.8 Å². The molecule has 3 aliphatic heterocycles. The van der Waals surface area contributed by atoms with E-state index >= 15 is 0 Å². The van der Waals surface area contributed by atoms with Gasteiger partial charge in [-0.25, -0.2) is 4.98 Å². The number of benzene rings is 1. The van der Waals surface area contributed by atoms with E-state index in [0.29, 0.717) is 29.6 Å². The van der Waals surface area contributed by atoms with Crippen LogP contribution in [0.3, 0.4) is 0 Å². The van der Waals surface area contributed by atoms with Gasteiger partial charge in [-0.3, -0.25) is 4.21 Å². The summed E-state index contributed by atoms with van der Waals surface area (Å²) in [5, 5.41) is 14.4. The van der Waals surface area contributed by atoms with E-state index in [1.807, 2.05) is 12.1 Å². The highest BCUT2D eigenvalue weighted by Crippen LogP contribution is 2.48. The quantitative estimate of drug-likeness (QED) is 0.651. The van der Waals surface area contributed by atoms with Crippen LogP contribution >= 0.6 is 11.6 Å². The minimum Gasteiger partial charge on any atom is -0.394 e. The summed E-state index contributed by atoms with van der Waals surface area (Å²) in [5.74, 6) is 2.68. The number of nitrogens with zero attached hydrogens (tertiary/aromatic N) is 3. The highest BCUT2D eigenvalue weighted by molar-refractivity contribution is 7.85. The van der Waals surface area contributed by atoms with E-state index in [9.17, 15) is 9.32 Å². The number of aromatic nitrogens is 2. The Morgan fingerprint density at radius 1 is 1.09 bits per heavy atom. The molecule has 2 saturated carbocycles. The second-order valence-corrected chi connectivity index (χ2v) is 12.2. The molecule has 1 aromatic heterocycles. The lowest BCUT2D eigenvalue weighted by molar-refractivity contribution is 0.143. The molecule has 0 radical (unpaired) electrons. The Bertz CT molecular complexity index is 1060. The van der Waals surface area contributed by atoms with Gasteiger partial charge in [0.25, 0.3) is 0 Å². The maximum Gasteiger partial charge on any atom is 0.228 e. The molecular weight excluding hydrogens is 456 g/mol. The van der Waals surface area contributed by atoms with Gasteiger partial charge in [0, 0.05) is 22.9 Å². The third-order valence-corrected chi connectivity index (χ3v) is 9.95. The molecule has 2 bridgehead atoms. The van der Waals surface area contributed by atoms with E-state index < -0.39 is 10.8 Å². The molecule has 2 aliphatic carbocycles. The molecule has 4 heterocycles. The van der Waals surface area contributed by atoms with Crippen molar-refractivity contribution in [3.8, 4) is 0 Å². The third kappa shape index (κ3) is 3.86. The summed E-state index contributed by atoms with van der Waals surface area (Å²) >= 11 is 6.09. The average Bonchev–Trinajstić information content (AvgIpc) is 2.98. The van der Waals surface area contributed by atoms with Crippen LogP contribution in [-0.2, 0) is 17.2 Å². The van der Waals surface area contributed by atoms with Gasteiger partial charge in [0.05, 0.1) is 28.6 Å². The predicted octanol–water partition coefficient (Wildman–Crippen LogP) is 4.43. The zero-order valence-corrected chi connectivity index (χ0v) is 20.4. The van der Waals surface area contributed by atoms with Crippen molar-refractivity contribution in [3.05, 3.63) is 40.5 Å². The zero-order chi connectivity index (χ0) is 22.6. The number of rotatable bonds is 5. The van der Waals surface area contributed by atoms with Gasteiger partial charge in [-0.2, -0.15) is 4.98 Å². The highest BCUT2D eigenvalue weighted by atomic mass is 35.5. The summed E-state index contributed by atoms with van der Waals surface area (Å²) in [5.41, 5.74) is 1.97. The van der Waals surface area contributed by atoms with Crippen molar-refractivity contribution in [1.29, 1.82) is 0 Å². The molecule has 2 N–H and O–H groups in total. The summed E-state index contributed by atoms with van der Waals surface area (Å²) < 4.78 is 13.1. The van der Waals surface area contributed by atoms with E-state index in [-0.39, 0.29) is 12.1 Å². The first-order valence-electron chi connectivity index (χ1n) is 12.3. The summed E-state index contributed by atoms with van der Waals surface area (Å²) in [6, 6.07) is 9.15. The van der Waals surface area contributed by atoms with Crippen LogP contribution in [0.25, 0.3) is 0 Å². The first kappa shape index (κ1) is 21.8. The molecule has 2 aromatic rings. The van der Waals surface area contributed by atoms with Crippen molar-refractivity contribution in [2.75, 3.05) is 22.6 Å². The first-order valence-corrected chi connectivity index (χ1v) is 14.0. The van der Waals surface area contributed by atoms with Crippen LogP contribution in [0, 0.1) is 0 Å². The Morgan fingerprint density at radius 3 is 2.52 bits per heavy atom. The molecule has 3 atom stereocenters. The number of nitrogens with one attached hydrogen (secondary N) is 1. The summed E-state index contributed by atoms with van der Waals surface area (Å²) in [6.45, 7) is 0.0749. The smallest absolute Gasteiger partial charge is 0.228 e. The molecule has 0 amide bonds. The maximum absolute atomic E-state index is 13.1. The molecule has 2 unspecified atom stereocenters. The lowest BCUT2D eigenvalue weighted by Crippen LogP contribution is -2.61. The van der Waals surface area contributed by atoms with E-state index in [4.69, 9.17) is 21.6 Å². The van der Waals surface area contributed by atoms with Gasteiger partial charge >= 0.3 is 0 Å². The van der Waals surface area contributed by atoms with Crippen molar-refractivity contribution < 1.29 is 9.32 Å². The maximum atomic E-state index is 13.1. The fraction of sp³-hybridized carbons (Fsp3) is 0.600.